The molecule has 2 nitrogen and oxygen atoms in total. The van der Waals surface area contributed by atoms with E-state index in [1.54, 1.807) is 0 Å². The number of nitrogens with one attached hydrogen (secondary N) is 1. The van der Waals surface area contributed by atoms with Crippen molar-refractivity contribution in [1.29, 1.82) is 0 Å². The van der Waals surface area contributed by atoms with Gasteiger partial charge in [-0.2, -0.15) is 0 Å². The molecule has 1 aromatic rings. The molecule has 2 fully saturated rings. The third-order valence-corrected chi connectivity index (χ3v) is 4.51. The molecule has 0 saturated heterocycles. The summed E-state index contributed by atoms with van der Waals surface area (Å²) in [6.07, 6.45) is 7.03. The van der Waals surface area contributed by atoms with E-state index in [1.165, 1.54) is 50.8 Å². The van der Waals surface area contributed by atoms with Crippen molar-refractivity contribution in [2.24, 2.45) is 5.92 Å². The van der Waals surface area contributed by atoms with E-state index in [2.05, 4.69) is 47.6 Å². The zero-order chi connectivity index (χ0) is 13.1. The smallest absolute Gasteiger partial charge is 0.0329 e. The van der Waals surface area contributed by atoms with Crippen LogP contribution >= 0.6 is 0 Å². The molecule has 104 valence electrons. The molecular formula is C17H26N2. The van der Waals surface area contributed by atoms with Gasteiger partial charge >= 0.3 is 0 Å². The molecule has 2 heteroatoms. The zero-order valence-electron chi connectivity index (χ0n) is 12.0. The van der Waals surface area contributed by atoms with Crippen molar-refractivity contribution in [3.05, 3.63) is 35.9 Å². The summed E-state index contributed by atoms with van der Waals surface area (Å²) in [6, 6.07) is 12.3. The Morgan fingerprint density at radius 2 is 1.89 bits per heavy atom. The first kappa shape index (κ1) is 13.1. The van der Waals surface area contributed by atoms with Crippen molar-refractivity contribution in [2.75, 3.05) is 20.1 Å². The lowest BCUT2D eigenvalue weighted by molar-refractivity contribution is 0.239. The molecule has 1 aromatic carbocycles. The van der Waals surface area contributed by atoms with Gasteiger partial charge in [-0.1, -0.05) is 30.3 Å². The van der Waals surface area contributed by atoms with E-state index in [-0.39, 0.29) is 0 Å². The normalized spacial score (nSPS) is 20.7. The molecule has 3 rings (SSSR count). The highest BCUT2D eigenvalue weighted by atomic mass is 15.2. The Morgan fingerprint density at radius 3 is 2.47 bits per heavy atom. The summed E-state index contributed by atoms with van der Waals surface area (Å²) in [5, 5.41) is 3.48. The Bertz CT molecular complexity index is 382. The summed E-state index contributed by atoms with van der Waals surface area (Å²) < 4.78 is 0. The number of hydrogen-bond donors (Lipinski definition) is 1. The molecule has 0 aliphatic heterocycles. The van der Waals surface area contributed by atoms with Crippen LogP contribution in [0.1, 0.15) is 43.7 Å². The Kier molecular flexibility index (Phi) is 4.19. The average Bonchev–Trinajstić information content (AvgIpc) is 3.32. The zero-order valence-corrected chi connectivity index (χ0v) is 12.0. The molecule has 0 amide bonds. The minimum absolute atomic E-state index is 0.502. The standard InChI is InChI=1S/C17H26N2/c1-18-17(15-5-3-2-4-6-15)11-12-19(16-9-10-16)13-14-7-8-14/h2-6,14,16-18H,7-13H2,1H3. The summed E-state index contributed by atoms with van der Waals surface area (Å²) in [4.78, 5) is 2.75. The van der Waals surface area contributed by atoms with Crippen LogP contribution in [0.2, 0.25) is 0 Å². The molecule has 2 aliphatic rings. The van der Waals surface area contributed by atoms with Gasteiger partial charge in [0.1, 0.15) is 0 Å². The van der Waals surface area contributed by atoms with Crippen LogP contribution < -0.4 is 5.32 Å². The van der Waals surface area contributed by atoms with Crippen molar-refractivity contribution in [1.82, 2.24) is 10.2 Å². The second-order valence-electron chi connectivity index (χ2n) is 6.21. The van der Waals surface area contributed by atoms with E-state index in [1.807, 2.05) is 0 Å². The minimum Gasteiger partial charge on any atom is -0.313 e. The lowest BCUT2D eigenvalue weighted by Gasteiger charge is -2.25. The van der Waals surface area contributed by atoms with Crippen LogP contribution in [0.4, 0.5) is 0 Å². The van der Waals surface area contributed by atoms with E-state index >= 15 is 0 Å². The van der Waals surface area contributed by atoms with Crippen molar-refractivity contribution in [3.63, 3.8) is 0 Å². The van der Waals surface area contributed by atoms with Crippen molar-refractivity contribution in [3.8, 4) is 0 Å². The van der Waals surface area contributed by atoms with Crippen LogP contribution in [-0.2, 0) is 0 Å². The lowest BCUT2D eigenvalue weighted by Crippen LogP contribution is -2.32. The summed E-state index contributed by atoms with van der Waals surface area (Å²) in [6.45, 7) is 2.61. The van der Waals surface area contributed by atoms with Crippen LogP contribution in [0.25, 0.3) is 0 Å². The molecule has 0 spiro atoms. The van der Waals surface area contributed by atoms with Gasteiger partial charge in [0.25, 0.3) is 0 Å². The van der Waals surface area contributed by atoms with E-state index in [0.29, 0.717) is 6.04 Å². The largest absolute Gasteiger partial charge is 0.313 e. The molecule has 1 N–H and O–H groups in total. The predicted octanol–water partition coefficient (Wildman–Crippen LogP) is 3.21. The van der Waals surface area contributed by atoms with Crippen LogP contribution in [0.3, 0.4) is 0 Å². The quantitative estimate of drug-likeness (QED) is 0.770. The van der Waals surface area contributed by atoms with Crippen LogP contribution in [0.15, 0.2) is 30.3 Å². The Labute approximate surface area is 117 Å². The van der Waals surface area contributed by atoms with Crippen LogP contribution in [0.5, 0.6) is 0 Å². The van der Waals surface area contributed by atoms with Crippen molar-refractivity contribution in [2.45, 2.75) is 44.2 Å². The topological polar surface area (TPSA) is 15.3 Å². The SMILES string of the molecule is CNC(CCN(CC1CC1)C1CC1)c1ccccc1. The maximum absolute atomic E-state index is 3.48. The van der Waals surface area contributed by atoms with Gasteiger partial charge in [-0.15, -0.1) is 0 Å². The first-order valence-electron chi connectivity index (χ1n) is 7.83. The molecule has 0 heterocycles. The molecule has 1 unspecified atom stereocenters. The molecule has 0 radical (unpaired) electrons. The van der Waals surface area contributed by atoms with Gasteiger partial charge in [0, 0.05) is 25.2 Å². The summed E-state index contributed by atoms with van der Waals surface area (Å²) >= 11 is 0. The monoisotopic (exact) mass is 258 g/mol. The number of hydrogen-bond acceptors (Lipinski definition) is 2. The Hall–Kier alpha value is -0.860. The number of nitrogens with zero attached hydrogens (tertiary/aromatic N) is 1. The minimum atomic E-state index is 0.502. The Morgan fingerprint density at radius 1 is 1.16 bits per heavy atom. The van der Waals surface area contributed by atoms with E-state index in [0.717, 1.165) is 12.0 Å². The fourth-order valence-electron chi connectivity index (χ4n) is 2.95. The lowest BCUT2D eigenvalue weighted by atomic mass is 10.0. The summed E-state index contributed by atoms with van der Waals surface area (Å²) in [7, 11) is 2.08. The van der Waals surface area contributed by atoms with E-state index in [4.69, 9.17) is 0 Å². The second-order valence-corrected chi connectivity index (χ2v) is 6.21. The number of benzene rings is 1. The van der Waals surface area contributed by atoms with Gasteiger partial charge in [-0.05, 0) is 50.6 Å². The third kappa shape index (κ3) is 3.80. The summed E-state index contributed by atoms with van der Waals surface area (Å²) in [5.74, 6) is 1.02. The number of rotatable bonds is 8. The molecule has 2 saturated carbocycles. The fourth-order valence-corrected chi connectivity index (χ4v) is 2.95. The van der Waals surface area contributed by atoms with Crippen LogP contribution in [0, 0.1) is 5.92 Å². The van der Waals surface area contributed by atoms with Gasteiger partial charge < -0.3 is 10.2 Å². The van der Waals surface area contributed by atoms with Crippen molar-refractivity contribution >= 4 is 0 Å². The second kappa shape index (κ2) is 6.06. The highest BCUT2D eigenvalue weighted by Crippen LogP contribution is 2.35. The van der Waals surface area contributed by atoms with Crippen molar-refractivity contribution < 1.29 is 0 Å². The predicted molar refractivity (Wildman–Crippen MR) is 80.2 cm³/mol. The maximum Gasteiger partial charge on any atom is 0.0329 e. The molecule has 1 atom stereocenters. The van der Waals surface area contributed by atoms with Crippen LogP contribution in [-0.4, -0.2) is 31.1 Å². The first-order chi connectivity index (χ1) is 9.36. The van der Waals surface area contributed by atoms with Gasteiger partial charge in [-0.3, -0.25) is 0 Å². The van der Waals surface area contributed by atoms with Gasteiger partial charge in [-0.25, -0.2) is 0 Å². The molecule has 19 heavy (non-hydrogen) atoms. The highest BCUT2D eigenvalue weighted by Gasteiger charge is 2.33. The van der Waals surface area contributed by atoms with Gasteiger partial charge in [0.2, 0.25) is 0 Å². The molecular weight excluding hydrogens is 232 g/mol. The highest BCUT2D eigenvalue weighted by molar-refractivity contribution is 5.18. The first-order valence-corrected chi connectivity index (χ1v) is 7.83. The molecule has 0 bridgehead atoms. The van der Waals surface area contributed by atoms with E-state index in [9.17, 15) is 0 Å². The van der Waals surface area contributed by atoms with Gasteiger partial charge in [0.15, 0.2) is 0 Å². The Balaban J connectivity index is 1.53. The fraction of sp³-hybridized carbons (Fsp3) is 0.647. The molecule has 2 aliphatic carbocycles. The van der Waals surface area contributed by atoms with Gasteiger partial charge in [0.05, 0.1) is 0 Å². The van der Waals surface area contributed by atoms with E-state index < -0.39 is 0 Å². The summed E-state index contributed by atoms with van der Waals surface area (Å²) in [5.41, 5.74) is 1.42. The average molecular weight is 258 g/mol. The third-order valence-electron chi connectivity index (χ3n) is 4.51. The molecule has 0 aromatic heterocycles. The maximum atomic E-state index is 3.48.